The number of aromatic nitrogens is 3. The van der Waals surface area contributed by atoms with E-state index < -0.39 is 0 Å². The fourth-order valence-electron chi connectivity index (χ4n) is 2.59. The number of hydrogen-bond donors (Lipinski definition) is 1. The van der Waals surface area contributed by atoms with Gasteiger partial charge in [0.25, 0.3) is 5.91 Å². The number of hydrogen-bond acceptors (Lipinski definition) is 6. The number of rotatable bonds is 9. The number of ether oxygens (including phenoxy) is 2. The zero-order valence-corrected chi connectivity index (χ0v) is 16.0. The molecule has 8 nitrogen and oxygen atoms in total. The van der Waals surface area contributed by atoms with Crippen molar-refractivity contribution in [3.63, 3.8) is 0 Å². The minimum atomic E-state index is -0.293. The summed E-state index contributed by atoms with van der Waals surface area (Å²) in [6, 6.07) is 13.0. The molecule has 28 heavy (non-hydrogen) atoms. The van der Waals surface area contributed by atoms with Crippen molar-refractivity contribution in [3.05, 3.63) is 48.0 Å². The number of carbonyl (C=O) groups excluding carboxylic acids is 1. The van der Waals surface area contributed by atoms with E-state index in [2.05, 4.69) is 27.8 Å². The molecule has 0 atom stereocenters. The lowest BCUT2D eigenvalue weighted by atomic mass is 10.2. The largest absolute Gasteiger partial charge is 0.493 e. The first kappa shape index (κ1) is 19.3. The van der Waals surface area contributed by atoms with E-state index in [1.165, 1.54) is 4.68 Å². The lowest BCUT2D eigenvalue weighted by Crippen LogP contribution is -2.23. The smallest absolute Gasteiger partial charge is 0.261 e. The first-order valence-corrected chi connectivity index (χ1v) is 9.12. The predicted molar refractivity (Wildman–Crippen MR) is 107 cm³/mol. The van der Waals surface area contributed by atoms with Crippen molar-refractivity contribution < 1.29 is 14.3 Å². The molecule has 2 aromatic carbocycles. The number of fused-ring (bicyclic) bond motifs is 1. The molecule has 0 aliphatic rings. The lowest BCUT2D eigenvalue weighted by molar-refractivity contribution is -0.121. The second-order valence-electron chi connectivity index (χ2n) is 6.14. The maximum Gasteiger partial charge on any atom is 0.261 e. The highest BCUT2D eigenvalue weighted by atomic mass is 16.5. The van der Waals surface area contributed by atoms with Crippen LogP contribution in [0.5, 0.6) is 11.5 Å². The Labute approximate surface area is 163 Å². The summed E-state index contributed by atoms with van der Waals surface area (Å²) < 4.78 is 12.6. The molecular formula is C20H23N5O3. The van der Waals surface area contributed by atoms with Crippen LogP contribution in [0.4, 0.5) is 0 Å². The average Bonchev–Trinajstić information content (AvgIpc) is 3.12. The molecule has 0 bridgehead atoms. The summed E-state index contributed by atoms with van der Waals surface area (Å²) in [7, 11) is 1.59. The molecule has 0 saturated heterocycles. The molecule has 0 unspecified atom stereocenters. The van der Waals surface area contributed by atoms with E-state index in [9.17, 15) is 4.79 Å². The van der Waals surface area contributed by atoms with Crippen LogP contribution in [-0.4, -0.2) is 40.8 Å². The quantitative estimate of drug-likeness (QED) is 0.350. The van der Waals surface area contributed by atoms with Gasteiger partial charge in [0.05, 0.1) is 25.4 Å². The van der Waals surface area contributed by atoms with Gasteiger partial charge in [0.1, 0.15) is 12.1 Å². The summed E-state index contributed by atoms with van der Waals surface area (Å²) in [6.07, 6.45) is 3.60. The summed E-state index contributed by atoms with van der Waals surface area (Å²) in [6.45, 7) is 2.79. The van der Waals surface area contributed by atoms with Crippen LogP contribution in [-0.2, 0) is 11.3 Å². The topological polar surface area (TPSA) is 90.6 Å². The van der Waals surface area contributed by atoms with Gasteiger partial charge in [-0.1, -0.05) is 30.7 Å². The van der Waals surface area contributed by atoms with E-state index in [0.29, 0.717) is 18.1 Å². The second kappa shape index (κ2) is 9.50. The molecule has 146 valence electrons. The van der Waals surface area contributed by atoms with Gasteiger partial charge < -0.3 is 9.47 Å². The van der Waals surface area contributed by atoms with Crippen LogP contribution in [0.2, 0.25) is 0 Å². The van der Waals surface area contributed by atoms with Gasteiger partial charge in [0, 0.05) is 0 Å². The third-order valence-electron chi connectivity index (χ3n) is 4.06. The first-order valence-electron chi connectivity index (χ1n) is 9.12. The molecule has 0 fully saturated rings. The molecule has 0 spiro atoms. The third-order valence-corrected chi connectivity index (χ3v) is 4.06. The van der Waals surface area contributed by atoms with Crippen molar-refractivity contribution >= 4 is 23.2 Å². The van der Waals surface area contributed by atoms with Gasteiger partial charge in [0.15, 0.2) is 11.5 Å². The lowest BCUT2D eigenvalue weighted by Gasteiger charge is -2.10. The normalized spacial score (nSPS) is 11.1. The van der Waals surface area contributed by atoms with E-state index in [1.807, 2.05) is 42.5 Å². The molecule has 0 saturated carbocycles. The van der Waals surface area contributed by atoms with Crippen LogP contribution in [0.1, 0.15) is 25.3 Å². The predicted octanol–water partition coefficient (Wildman–Crippen LogP) is 2.77. The van der Waals surface area contributed by atoms with Crippen molar-refractivity contribution in [1.82, 2.24) is 20.4 Å². The number of amides is 1. The second-order valence-corrected chi connectivity index (χ2v) is 6.14. The SMILES string of the molecule is CCCCOc1ccc(/C=N\NC(=O)Cn2nnc3ccccc32)cc1OC. The molecule has 1 N–H and O–H groups in total. The highest BCUT2D eigenvalue weighted by molar-refractivity contribution is 5.84. The summed E-state index contributed by atoms with van der Waals surface area (Å²) in [5.74, 6) is 1.02. The fourth-order valence-corrected chi connectivity index (χ4v) is 2.59. The number of hydrazone groups is 1. The molecule has 1 amide bonds. The van der Waals surface area contributed by atoms with Gasteiger partial charge >= 0.3 is 0 Å². The Kier molecular flexibility index (Phi) is 6.56. The van der Waals surface area contributed by atoms with Crippen LogP contribution in [0.25, 0.3) is 11.0 Å². The van der Waals surface area contributed by atoms with Crippen molar-refractivity contribution in [1.29, 1.82) is 0 Å². The molecule has 0 aliphatic carbocycles. The van der Waals surface area contributed by atoms with Crippen LogP contribution in [0, 0.1) is 0 Å². The highest BCUT2D eigenvalue weighted by Crippen LogP contribution is 2.27. The zero-order chi connectivity index (χ0) is 19.8. The monoisotopic (exact) mass is 381 g/mol. The molecule has 0 aliphatic heterocycles. The average molecular weight is 381 g/mol. The Morgan fingerprint density at radius 2 is 2.11 bits per heavy atom. The standard InChI is InChI=1S/C20H23N5O3/c1-3-4-11-28-18-10-9-15(12-19(18)27-2)13-21-23-20(26)14-25-17-8-6-5-7-16(17)22-24-25/h5-10,12-13H,3-4,11,14H2,1-2H3,(H,23,26)/b21-13-. The Morgan fingerprint density at radius 1 is 1.25 bits per heavy atom. The number of nitrogens with zero attached hydrogens (tertiary/aromatic N) is 4. The summed E-state index contributed by atoms with van der Waals surface area (Å²) in [5.41, 5.74) is 4.82. The molecule has 1 aromatic heterocycles. The Morgan fingerprint density at radius 3 is 2.93 bits per heavy atom. The van der Waals surface area contributed by atoms with E-state index in [-0.39, 0.29) is 12.5 Å². The van der Waals surface area contributed by atoms with Crippen LogP contribution >= 0.6 is 0 Å². The minimum Gasteiger partial charge on any atom is -0.493 e. The highest BCUT2D eigenvalue weighted by Gasteiger charge is 2.08. The molecule has 8 heteroatoms. The molecule has 1 heterocycles. The number of benzene rings is 2. The molecule has 3 aromatic rings. The molecular weight excluding hydrogens is 358 g/mol. The van der Waals surface area contributed by atoms with E-state index >= 15 is 0 Å². The van der Waals surface area contributed by atoms with E-state index in [4.69, 9.17) is 9.47 Å². The molecule has 0 radical (unpaired) electrons. The summed E-state index contributed by atoms with van der Waals surface area (Å²) in [4.78, 5) is 12.1. The van der Waals surface area contributed by atoms with Gasteiger partial charge in [-0.15, -0.1) is 5.10 Å². The Hall–Kier alpha value is -3.42. The Balaban J connectivity index is 1.58. The molecule has 3 rings (SSSR count). The number of carbonyl (C=O) groups is 1. The fraction of sp³-hybridized carbons (Fsp3) is 0.300. The third kappa shape index (κ3) is 4.85. The number of methoxy groups -OCH3 is 1. The van der Waals surface area contributed by atoms with Gasteiger partial charge in [0.2, 0.25) is 0 Å². The van der Waals surface area contributed by atoms with E-state index in [0.717, 1.165) is 29.4 Å². The first-order chi connectivity index (χ1) is 13.7. The van der Waals surface area contributed by atoms with Crippen molar-refractivity contribution in [2.75, 3.05) is 13.7 Å². The van der Waals surface area contributed by atoms with Gasteiger partial charge in [-0.05, 0) is 42.3 Å². The minimum absolute atomic E-state index is 0.0331. The van der Waals surface area contributed by atoms with Gasteiger partial charge in [-0.25, -0.2) is 10.1 Å². The number of nitrogens with one attached hydrogen (secondary N) is 1. The van der Waals surface area contributed by atoms with Crippen molar-refractivity contribution in [3.8, 4) is 11.5 Å². The number of para-hydroxylation sites is 1. The summed E-state index contributed by atoms with van der Waals surface area (Å²) in [5, 5.41) is 12.0. The van der Waals surface area contributed by atoms with Crippen LogP contribution in [0.3, 0.4) is 0 Å². The van der Waals surface area contributed by atoms with Crippen LogP contribution in [0.15, 0.2) is 47.6 Å². The number of unbranched alkanes of at least 4 members (excludes halogenated alkanes) is 1. The van der Waals surface area contributed by atoms with E-state index in [1.54, 1.807) is 13.3 Å². The maximum absolute atomic E-state index is 12.1. The van der Waals surface area contributed by atoms with Crippen LogP contribution < -0.4 is 14.9 Å². The van der Waals surface area contributed by atoms with Crippen molar-refractivity contribution in [2.45, 2.75) is 26.3 Å². The Bertz CT molecular complexity index is 967. The maximum atomic E-state index is 12.1. The zero-order valence-electron chi connectivity index (χ0n) is 16.0. The van der Waals surface area contributed by atoms with Crippen molar-refractivity contribution in [2.24, 2.45) is 5.10 Å². The summed E-state index contributed by atoms with van der Waals surface area (Å²) >= 11 is 0. The van der Waals surface area contributed by atoms with Gasteiger partial charge in [-0.2, -0.15) is 5.10 Å². The van der Waals surface area contributed by atoms with Gasteiger partial charge in [-0.3, -0.25) is 4.79 Å².